The second-order valence-corrected chi connectivity index (χ2v) is 7.44. The van der Waals surface area contributed by atoms with Gasteiger partial charge in [-0.25, -0.2) is 0 Å². The molecule has 0 heterocycles. The van der Waals surface area contributed by atoms with E-state index in [4.69, 9.17) is 10.3 Å². The van der Waals surface area contributed by atoms with Gasteiger partial charge in [0.1, 0.15) is 11.8 Å². The number of ketones is 1. The molecule has 2 aliphatic carbocycles. The number of fused-ring (bicyclic) bond motifs is 1. The third-order valence-corrected chi connectivity index (χ3v) is 5.69. The number of carbonyl (C=O) groups excluding carboxylic acids is 2. The van der Waals surface area contributed by atoms with Gasteiger partial charge in [-0.2, -0.15) is 0 Å². The van der Waals surface area contributed by atoms with Crippen LogP contribution in [0, 0.1) is 23.7 Å². The molecule has 5 atom stereocenters. The third-order valence-electron chi connectivity index (χ3n) is 5.16. The van der Waals surface area contributed by atoms with E-state index in [0.29, 0.717) is 30.2 Å². The van der Waals surface area contributed by atoms with E-state index in [9.17, 15) is 9.59 Å². The normalized spacial score (nSPS) is 28.9. The van der Waals surface area contributed by atoms with Gasteiger partial charge in [-0.15, -0.1) is 0 Å². The maximum absolute atomic E-state index is 13.1. The summed E-state index contributed by atoms with van der Waals surface area (Å²) in [4.78, 5) is 28.1. The van der Waals surface area contributed by atoms with Crippen molar-refractivity contribution in [3.8, 4) is 0 Å². The molecule has 0 aliphatic heterocycles. The number of benzene rings is 1. The number of esters is 1. The van der Waals surface area contributed by atoms with E-state index in [0.717, 1.165) is 10.9 Å². The van der Waals surface area contributed by atoms with E-state index >= 15 is 0 Å². The molecule has 2 saturated carbocycles. The highest BCUT2D eigenvalue weighted by Gasteiger charge is 2.52. The summed E-state index contributed by atoms with van der Waals surface area (Å²) >= 11 is 3.35. The molecule has 126 valence electrons. The van der Waals surface area contributed by atoms with E-state index < -0.39 is 17.9 Å². The molecule has 0 aromatic heterocycles. The smallest absolute Gasteiger partial charge is 0.309 e. The lowest BCUT2D eigenvalue weighted by Gasteiger charge is -2.29. The van der Waals surface area contributed by atoms with E-state index in [1.54, 1.807) is 24.3 Å². The minimum absolute atomic E-state index is 0.184. The molecule has 1 aromatic rings. The van der Waals surface area contributed by atoms with Crippen molar-refractivity contribution in [2.45, 2.75) is 25.3 Å². The van der Waals surface area contributed by atoms with Crippen LogP contribution in [0.5, 0.6) is 0 Å². The number of azide groups is 1. The molecule has 0 bridgehead atoms. The van der Waals surface area contributed by atoms with Crippen molar-refractivity contribution in [1.82, 2.24) is 0 Å². The number of hydrogen-bond donors (Lipinski definition) is 0. The molecule has 7 heteroatoms. The highest BCUT2D eigenvalue weighted by atomic mass is 79.9. The van der Waals surface area contributed by atoms with Crippen molar-refractivity contribution in [3.63, 3.8) is 0 Å². The van der Waals surface area contributed by atoms with Crippen molar-refractivity contribution in [2.75, 3.05) is 7.11 Å². The fraction of sp³-hybridized carbons (Fsp3) is 0.529. The average molecular weight is 392 g/mol. The molecule has 5 unspecified atom stereocenters. The maximum Gasteiger partial charge on any atom is 0.309 e. The quantitative estimate of drug-likeness (QED) is 0.325. The van der Waals surface area contributed by atoms with Crippen molar-refractivity contribution >= 4 is 27.7 Å². The van der Waals surface area contributed by atoms with E-state index in [2.05, 4.69) is 26.0 Å². The zero-order chi connectivity index (χ0) is 17.3. The molecular formula is C17H18BrN3O3. The lowest BCUT2D eigenvalue weighted by Crippen LogP contribution is -2.36. The number of halogens is 1. The molecule has 0 amide bonds. The fourth-order valence-corrected chi connectivity index (χ4v) is 4.05. The molecule has 0 saturated heterocycles. The average Bonchev–Trinajstić information content (AvgIpc) is 3.36. The number of nitrogens with zero attached hydrogens (tertiary/aromatic N) is 3. The van der Waals surface area contributed by atoms with Crippen LogP contribution in [0.3, 0.4) is 0 Å². The van der Waals surface area contributed by atoms with Crippen molar-refractivity contribution in [3.05, 3.63) is 44.7 Å². The largest absolute Gasteiger partial charge is 0.469 e. The SMILES string of the molecule is COC(=O)C1CC2CC2CC1C(=O)C(N=[N+]=[N-])c1ccc(Br)cc1. The molecule has 0 radical (unpaired) electrons. The van der Waals surface area contributed by atoms with Gasteiger partial charge in [-0.05, 0) is 54.3 Å². The Hall–Kier alpha value is -1.85. The summed E-state index contributed by atoms with van der Waals surface area (Å²) in [6.07, 6.45) is 2.44. The van der Waals surface area contributed by atoms with Gasteiger partial charge in [-0.3, -0.25) is 9.59 Å². The Balaban J connectivity index is 1.89. The molecule has 2 fully saturated rings. The Morgan fingerprint density at radius 1 is 1.21 bits per heavy atom. The highest BCUT2D eigenvalue weighted by molar-refractivity contribution is 9.10. The van der Waals surface area contributed by atoms with Gasteiger partial charge < -0.3 is 4.74 Å². The standard InChI is InChI=1S/C17H18BrN3O3/c1-24-17(23)14-8-11-6-10(11)7-13(14)16(22)15(20-21-19)9-2-4-12(18)5-3-9/h2-5,10-11,13-15H,6-8H2,1H3. The summed E-state index contributed by atoms with van der Waals surface area (Å²) in [5.41, 5.74) is 9.53. The third kappa shape index (κ3) is 3.32. The second-order valence-electron chi connectivity index (χ2n) is 6.52. The monoisotopic (exact) mass is 391 g/mol. The van der Waals surface area contributed by atoms with Crippen LogP contribution in [0.15, 0.2) is 33.9 Å². The van der Waals surface area contributed by atoms with Crippen molar-refractivity contribution in [1.29, 1.82) is 0 Å². The molecule has 3 rings (SSSR count). The molecule has 2 aliphatic rings. The Morgan fingerprint density at radius 2 is 1.83 bits per heavy atom. The number of ether oxygens (including phenoxy) is 1. The van der Waals surface area contributed by atoms with Gasteiger partial charge in [-0.1, -0.05) is 33.2 Å². The minimum atomic E-state index is -0.907. The summed E-state index contributed by atoms with van der Waals surface area (Å²) in [5, 5.41) is 3.72. The van der Waals surface area contributed by atoms with Crippen molar-refractivity contribution < 1.29 is 14.3 Å². The molecular weight excluding hydrogens is 374 g/mol. The van der Waals surface area contributed by atoms with Crippen LogP contribution in [0.4, 0.5) is 0 Å². The number of methoxy groups -OCH3 is 1. The van der Waals surface area contributed by atoms with Crippen LogP contribution in [-0.2, 0) is 14.3 Å². The van der Waals surface area contributed by atoms with Crippen LogP contribution in [0.25, 0.3) is 10.4 Å². The first kappa shape index (κ1) is 17.0. The zero-order valence-electron chi connectivity index (χ0n) is 13.3. The fourth-order valence-electron chi connectivity index (χ4n) is 3.78. The number of rotatable bonds is 5. The minimum Gasteiger partial charge on any atom is -0.469 e. The van der Waals surface area contributed by atoms with E-state index in [1.807, 2.05) is 0 Å². The van der Waals surface area contributed by atoms with E-state index in [1.165, 1.54) is 7.11 Å². The molecule has 0 N–H and O–H groups in total. The topological polar surface area (TPSA) is 92.1 Å². The van der Waals surface area contributed by atoms with Crippen LogP contribution in [0.2, 0.25) is 0 Å². The first-order valence-electron chi connectivity index (χ1n) is 7.96. The van der Waals surface area contributed by atoms with Crippen molar-refractivity contribution in [2.24, 2.45) is 28.8 Å². The van der Waals surface area contributed by atoms with Gasteiger partial charge in [0.15, 0.2) is 0 Å². The summed E-state index contributed by atoms with van der Waals surface area (Å²) in [6, 6.07) is 6.22. The Kier molecular flexibility index (Phi) is 4.92. The highest BCUT2D eigenvalue weighted by Crippen LogP contribution is 2.54. The maximum atomic E-state index is 13.1. The predicted octanol–water partition coefficient (Wildman–Crippen LogP) is 4.20. The van der Waals surface area contributed by atoms with Crippen LogP contribution in [-0.4, -0.2) is 18.9 Å². The van der Waals surface area contributed by atoms with Crippen LogP contribution >= 0.6 is 15.9 Å². The summed E-state index contributed by atoms with van der Waals surface area (Å²) in [5.74, 6) is -0.358. The summed E-state index contributed by atoms with van der Waals surface area (Å²) in [7, 11) is 1.35. The predicted molar refractivity (Wildman–Crippen MR) is 90.9 cm³/mol. The number of carbonyl (C=O) groups is 2. The van der Waals surface area contributed by atoms with Gasteiger partial charge in [0.25, 0.3) is 0 Å². The Bertz CT molecular complexity index is 700. The van der Waals surface area contributed by atoms with Gasteiger partial charge >= 0.3 is 5.97 Å². The lowest BCUT2D eigenvalue weighted by molar-refractivity contribution is -0.152. The van der Waals surface area contributed by atoms with Gasteiger partial charge in [0.05, 0.1) is 13.0 Å². The lowest BCUT2D eigenvalue weighted by atomic mass is 9.74. The molecule has 6 nitrogen and oxygen atoms in total. The number of Topliss-reactive ketones (excluding diaryl/α,β-unsaturated/α-hetero) is 1. The van der Waals surface area contributed by atoms with Gasteiger partial charge in [0.2, 0.25) is 0 Å². The molecule has 1 aromatic carbocycles. The van der Waals surface area contributed by atoms with Gasteiger partial charge in [0, 0.05) is 15.3 Å². The van der Waals surface area contributed by atoms with E-state index in [-0.39, 0.29) is 11.8 Å². The van der Waals surface area contributed by atoms with Crippen LogP contribution < -0.4 is 0 Å². The Morgan fingerprint density at radius 3 is 2.42 bits per heavy atom. The Labute approximate surface area is 148 Å². The number of hydrogen-bond acceptors (Lipinski definition) is 4. The summed E-state index contributed by atoms with van der Waals surface area (Å²) < 4.78 is 5.78. The molecule has 0 spiro atoms. The second kappa shape index (κ2) is 6.95. The molecule has 24 heavy (non-hydrogen) atoms. The zero-order valence-corrected chi connectivity index (χ0v) is 14.8. The van der Waals surface area contributed by atoms with Crippen LogP contribution in [0.1, 0.15) is 30.9 Å². The summed E-state index contributed by atoms with van der Waals surface area (Å²) in [6.45, 7) is 0. The first-order valence-corrected chi connectivity index (χ1v) is 8.75. The first-order chi connectivity index (χ1) is 11.5.